The first-order chi connectivity index (χ1) is 19.3. The van der Waals surface area contributed by atoms with Crippen molar-refractivity contribution in [3.63, 3.8) is 0 Å². The van der Waals surface area contributed by atoms with Crippen LogP contribution in [0.25, 0.3) is 0 Å². The number of carboxylic acid groups (broad SMARTS) is 1. The van der Waals surface area contributed by atoms with Crippen LogP contribution in [0.3, 0.4) is 0 Å². The summed E-state index contributed by atoms with van der Waals surface area (Å²) in [5.41, 5.74) is 3.88. The lowest BCUT2D eigenvalue weighted by atomic mass is 10.0. The molecule has 0 amide bonds. The van der Waals surface area contributed by atoms with Crippen LogP contribution in [0.4, 0.5) is 14.5 Å². The molecule has 0 aliphatic carbocycles. The number of nitrogens with two attached hydrogens (primary N) is 1. The highest BCUT2D eigenvalue weighted by Crippen LogP contribution is 2.41. The Kier molecular flexibility index (Phi) is 7.99. The van der Waals surface area contributed by atoms with Gasteiger partial charge in [0, 0.05) is 31.3 Å². The number of carbonyl (C=O) groups is 1. The van der Waals surface area contributed by atoms with Crippen molar-refractivity contribution in [1.82, 2.24) is 9.88 Å². The van der Waals surface area contributed by atoms with Gasteiger partial charge < -0.3 is 35.2 Å². The van der Waals surface area contributed by atoms with Gasteiger partial charge in [0.2, 0.25) is 11.6 Å². The number of phenolic OH excluding ortho intramolecular Hbond substituents is 1. The van der Waals surface area contributed by atoms with Crippen LogP contribution in [-0.4, -0.2) is 70.0 Å². The Morgan fingerprint density at radius 3 is 2.44 bits per heavy atom. The molecule has 216 valence electrons. The van der Waals surface area contributed by atoms with Crippen LogP contribution >= 0.6 is 0 Å². The third kappa shape index (κ3) is 5.69. The minimum atomic E-state index is -1.76. The Bertz CT molecular complexity index is 1540. The summed E-state index contributed by atoms with van der Waals surface area (Å²) in [6.07, 6.45) is 0. The van der Waals surface area contributed by atoms with Crippen molar-refractivity contribution in [1.29, 1.82) is 5.41 Å². The minimum absolute atomic E-state index is 0.108. The van der Waals surface area contributed by atoms with E-state index in [1.807, 2.05) is 11.9 Å². The van der Waals surface area contributed by atoms with E-state index in [0.717, 1.165) is 11.4 Å². The minimum Gasteiger partial charge on any atom is -0.504 e. The summed E-state index contributed by atoms with van der Waals surface area (Å²) in [5.74, 6) is -5.64. The third-order valence-electron chi connectivity index (χ3n) is 6.62. The van der Waals surface area contributed by atoms with Crippen molar-refractivity contribution in [2.24, 2.45) is 10.7 Å². The second-order valence-corrected chi connectivity index (χ2v) is 9.76. The zero-order valence-corrected chi connectivity index (χ0v) is 22.9. The van der Waals surface area contributed by atoms with E-state index in [2.05, 4.69) is 9.98 Å². The zero-order chi connectivity index (χ0) is 30.1. The number of anilines is 1. The Hall–Kier alpha value is -4.94. The first kappa shape index (κ1) is 29.1. The summed E-state index contributed by atoms with van der Waals surface area (Å²) in [5, 5.41) is 27.8. The SMILES string of the molecule is CCN(c1c(F)c(Oc2cccc(C3=NCCN3C)c2)nc(Oc2cc(C(=N)N)ccc2O)c1F)C(C)(C)C(=O)O. The Labute approximate surface area is 235 Å². The van der Waals surface area contributed by atoms with Crippen LogP contribution < -0.4 is 20.1 Å². The fourth-order valence-electron chi connectivity index (χ4n) is 4.33. The van der Waals surface area contributed by atoms with Crippen molar-refractivity contribution in [3.05, 3.63) is 65.2 Å². The number of hydrogen-bond acceptors (Lipinski definition) is 9. The van der Waals surface area contributed by atoms with Gasteiger partial charge >= 0.3 is 5.97 Å². The Balaban J connectivity index is 1.86. The molecule has 0 radical (unpaired) electrons. The number of amidine groups is 2. The number of phenols is 1. The number of nitrogen functional groups attached to an aromatic ring is 1. The average Bonchev–Trinajstić information content (AvgIpc) is 3.36. The number of halogens is 2. The number of aromatic nitrogens is 1. The van der Waals surface area contributed by atoms with Crippen molar-refractivity contribution in [2.45, 2.75) is 26.3 Å². The van der Waals surface area contributed by atoms with E-state index in [0.29, 0.717) is 17.9 Å². The number of aliphatic carboxylic acids is 1. The van der Waals surface area contributed by atoms with Gasteiger partial charge in [-0.3, -0.25) is 10.4 Å². The number of nitrogens with one attached hydrogen (secondary N) is 1. The maximum absolute atomic E-state index is 16.0. The van der Waals surface area contributed by atoms with Crippen molar-refractivity contribution in [3.8, 4) is 29.0 Å². The predicted octanol–water partition coefficient (Wildman–Crippen LogP) is 4.32. The van der Waals surface area contributed by atoms with Gasteiger partial charge in [0.05, 0.1) is 6.54 Å². The lowest BCUT2D eigenvalue weighted by molar-refractivity contribution is -0.142. The van der Waals surface area contributed by atoms with E-state index in [1.165, 1.54) is 39.0 Å². The molecule has 0 spiro atoms. The van der Waals surface area contributed by atoms with E-state index in [1.54, 1.807) is 24.3 Å². The maximum Gasteiger partial charge on any atom is 0.328 e. The van der Waals surface area contributed by atoms with E-state index in [9.17, 15) is 15.0 Å². The summed E-state index contributed by atoms with van der Waals surface area (Å²) in [6, 6.07) is 10.4. The molecule has 1 aromatic heterocycles. The van der Waals surface area contributed by atoms with Crippen molar-refractivity contribution >= 4 is 23.3 Å². The largest absolute Gasteiger partial charge is 0.504 e. The number of rotatable bonds is 10. The van der Waals surface area contributed by atoms with Gasteiger partial charge in [0.1, 0.15) is 28.6 Å². The molecule has 13 heteroatoms. The third-order valence-corrected chi connectivity index (χ3v) is 6.62. The summed E-state index contributed by atoms with van der Waals surface area (Å²) in [7, 11) is 1.89. The quantitative estimate of drug-likeness (QED) is 0.207. The fraction of sp³-hybridized carbons (Fsp3) is 0.286. The molecule has 2 heterocycles. The Morgan fingerprint density at radius 2 is 1.85 bits per heavy atom. The van der Waals surface area contributed by atoms with Gasteiger partial charge in [-0.25, -0.2) is 4.79 Å². The normalized spacial score (nSPS) is 13.1. The molecule has 1 aliphatic heterocycles. The smallest absolute Gasteiger partial charge is 0.328 e. The van der Waals surface area contributed by atoms with Gasteiger partial charge in [0.15, 0.2) is 11.5 Å². The number of pyridine rings is 1. The molecule has 41 heavy (non-hydrogen) atoms. The number of likely N-dealkylation sites (N-methyl/N-ethyl adjacent to an activating group) is 2. The van der Waals surface area contributed by atoms with Gasteiger partial charge in [-0.2, -0.15) is 13.8 Å². The maximum atomic E-state index is 16.0. The van der Waals surface area contributed by atoms with Gasteiger partial charge in [-0.1, -0.05) is 12.1 Å². The number of nitrogens with zero attached hydrogens (tertiary/aromatic N) is 4. The molecule has 0 bridgehead atoms. The Morgan fingerprint density at radius 1 is 1.17 bits per heavy atom. The van der Waals surface area contributed by atoms with Crippen LogP contribution in [0.5, 0.6) is 29.0 Å². The molecule has 5 N–H and O–H groups in total. The lowest BCUT2D eigenvalue weighted by Gasteiger charge is -2.36. The molecule has 2 aromatic carbocycles. The number of benzene rings is 2. The summed E-state index contributed by atoms with van der Waals surface area (Å²) in [6.45, 7) is 5.38. The molecule has 1 aliphatic rings. The van der Waals surface area contributed by atoms with E-state index in [-0.39, 0.29) is 29.4 Å². The molecular formula is C28H30F2N6O5. The van der Waals surface area contributed by atoms with E-state index < -0.39 is 46.3 Å². The molecule has 0 fully saturated rings. The van der Waals surface area contributed by atoms with Crippen LogP contribution in [-0.2, 0) is 4.79 Å². The highest BCUT2D eigenvalue weighted by Gasteiger charge is 2.39. The number of hydrogen-bond donors (Lipinski definition) is 4. The molecule has 0 atom stereocenters. The monoisotopic (exact) mass is 568 g/mol. The van der Waals surface area contributed by atoms with Crippen LogP contribution in [0.2, 0.25) is 0 Å². The summed E-state index contributed by atoms with van der Waals surface area (Å²) in [4.78, 5) is 23.4. The van der Waals surface area contributed by atoms with Gasteiger partial charge in [-0.05, 0) is 51.1 Å². The standard InChI is InChI=1S/C28H30F2N6O5/c1-5-36(28(2,3)27(38)39)22-20(29)25(40-17-8-6-7-16(13-17)24-33-11-12-35(24)4)34-26(21(22)30)41-19-14-15(23(31)32)9-10-18(19)37/h6-10,13-14,37H,5,11-12H2,1-4H3,(H3,31,32)(H,38,39). The number of aliphatic imine (C=N–C) groups is 1. The lowest BCUT2D eigenvalue weighted by Crippen LogP contribution is -2.51. The summed E-state index contributed by atoms with van der Waals surface area (Å²) >= 11 is 0. The number of aromatic hydroxyl groups is 1. The molecule has 3 aromatic rings. The van der Waals surface area contributed by atoms with Gasteiger partial charge in [-0.15, -0.1) is 0 Å². The highest BCUT2D eigenvalue weighted by molar-refractivity contribution is 6.00. The van der Waals surface area contributed by atoms with Gasteiger partial charge in [0.25, 0.3) is 11.8 Å². The molecule has 0 saturated heterocycles. The fourth-order valence-corrected chi connectivity index (χ4v) is 4.33. The van der Waals surface area contributed by atoms with Crippen LogP contribution in [0.15, 0.2) is 47.5 Å². The molecule has 0 unspecified atom stereocenters. The average molecular weight is 569 g/mol. The highest BCUT2D eigenvalue weighted by atomic mass is 19.1. The van der Waals surface area contributed by atoms with Crippen LogP contribution in [0.1, 0.15) is 31.9 Å². The molecule has 11 nitrogen and oxygen atoms in total. The van der Waals surface area contributed by atoms with Crippen molar-refractivity contribution < 1.29 is 33.3 Å². The predicted molar refractivity (Wildman–Crippen MR) is 149 cm³/mol. The summed E-state index contributed by atoms with van der Waals surface area (Å²) < 4.78 is 43.4. The van der Waals surface area contributed by atoms with E-state index in [4.69, 9.17) is 20.6 Å². The number of ether oxygens (including phenoxy) is 2. The molecular weight excluding hydrogens is 538 g/mol. The second kappa shape index (κ2) is 11.3. The first-order valence-electron chi connectivity index (χ1n) is 12.6. The second-order valence-electron chi connectivity index (χ2n) is 9.76. The molecule has 4 rings (SSSR count). The topological polar surface area (TPSA) is 158 Å². The van der Waals surface area contributed by atoms with Crippen molar-refractivity contribution in [2.75, 3.05) is 31.6 Å². The van der Waals surface area contributed by atoms with E-state index >= 15 is 8.78 Å². The number of carboxylic acids is 1. The molecule has 0 saturated carbocycles. The van der Waals surface area contributed by atoms with Crippen LogP contribution in [0, 0.1) is 17.0 Å². The zero-order valence-electron chi connectivity index (χ0n) is 22.9. The first-order valence-corrected chi connectivity index (χ1v) is 12.6.